The minimum atomic E-state index is -1.01. The van der Waals surface area contributed by atoms with Gasteiger partial charge < -0.3 is 14.8 Å². The molecule has 31 heavy (non-hydrogen) atoms. The van der Waals surface area contributed by atoms with Crippen molar-refractivity contribution in [2.45, 2.75) is 12.1 Å². The zero-order valence-corrected chi connectivity index (χ0v) is 16.8. The van der Waals surface area contributed by atoms with Crippen LogP contribution in [-0.4, -0.2) is 54.6 Å². The van der Waals surface area contributed by atoms with Crippen LogP contribution in [0.15, 0.2) is 52.8 Å². The van der Waals surface area contributed by atoms with Crippen molar-refractivity contribution in [3.05, 3.63) is 47.5 Å². The number of amides is 3. The van der Waals surface area contributed by atoms with E-state index in [2.05, 4.69) is 15.7 Å². The average molecular weight is 442 g/mol. The number of ether oxygens (including phenoxy) is 2. The molecule has 3 heterocycles. The van der Waals surface area contributed by atoms with Crippen molar-refractivity contribution >= 4 is 40.7 Å². The number of hydrogen-bond donors (Lipinski definition) is 1. The second kappa shape index (κ2) is 7.55. The van der Waals surface area contributed by atoms with Crippen LogP contribution in [0.1, 0.15) is 0 Å². The summed E-state index contributed by atoms with van der Waals surface area (Å²) >= 11 is 6.06. The van der Waals surface area contributed by atoms with Crippen molar-refractivity contribution in [3.63, 3.8) is 0 Å². The largest absolute Gasteiger partial charge is 0.486 e. The van der Waals surface area contributed by atoms with E-state index in [-0.39, 0.29) is 6.54 Å². The third kappa shape index (κ3) is 3.34. The van der Waals surface area contributed by atoms with E-state index in [0.717, 1.165) is 4.90 Å². The summed E-state index contributed by atoms with van der Waals surface area (Å²) in [5.41, 5.74) is 0.790. The lowest BCUT2D eigenvalue weighted by molar-refractivity contribution is -0.123. The second-order valence-electron chi connectivity index (χ2n) is 7.06. The molecule has 0 bridgehead atoms. The number of benzene rings is 2. The predicted molar refractivity (Wildman–Crippen MR) is 109 cm³/mol. The third-order valence-corrected chi connectivity index (χ3v) is 5.42. The van der Waals surface area contributed by atoms with Crippen molar-refractivity contribution < 1.29 is 23.9 Å². The smallest absolute Gasteiger partial charge is 0.263 e. The Labute approximate surface area is 181 Å². The van der Waals surface area contributed by atoms with Gasteiger partial charge in [0.25, 0.3) is 11.8 Å². The summed E-state index contributed by atoms with van der Waals surface area (Å²) in [6.07, 6.45) is 0. The van der Waals surface area contributed by atoms with Crippen molar-refractivity contribution in [2.75, 3.05) is 30.0 Å². The molecule has 1 fully saturated rings. The van der Waals surface area contributed by atoms with Crippen LogP contribution in [0.2, 0.25) is 5.02 Å². The molecule has 2 atom stereocenters. The van der Waals surface area contributed by atoms with Gasteiger partial charge in [0.15, 0.2) is 23.6 Å². The van der Waals surface area contributed by atoms with E-state index >= 15 is 0 Å². The molecule has 2 aromatic carbocycles. The third-order valence-electron chi connectivity index (χ3n) is 5.10. The first-order chi connectivity index (χ1) is 15.0. The Morgan fingerprint density at radius 3 is 2.68 bits per heavy atom. The van der Waals surface area contributed by atoms with Crippen LogP contribution in [0.5, 0.6) is 11.5 Å². The number of hydrogen-bond acceptors (Lipinski definition) is 8. The van der Waals surface area contributed by atoms with Crippen LogP contribution < -0.4 is 19.7 Å². The molecule has 0 spiro atoms. The van der Waals surface area contributed by atoms with Crippen molar-refractivity contribution in [2.24, 2.45) is 10.3 Å². The number of imide groups is 1. The Hall–Kier alpha value is -3.66. The van der Waals surface area contributed by atoms with Crippen molar-refractivity contribution in [1.29, 1.82) is 0 Å². The van der Waals surface area contributed by atoms with E-state index < -0.39 is 29.8 Å². The van der Waals surface area contributed by atoms with Gasteiger partial charge in [0.05, 0.1) is 16.4 Å². The van der Waals surface area contributed by atoms with Gasteiger partial charge in [0.2, 0.25) is 5.91 Å². The SMILES string of the molecule is O=C(CN1N=N[C@H]2C(=O)N(c3ccc4c(c3)OCCO4)C(=O)[C@@H]21)Nc1ccccc1Cl. The van der Waals surface area contributed by atoms with Crippen LogP contribution in [0.25, 0.3) is 0 Å². The molecule has 3 aliphatic heterocycles. The van der Waals surface area contributed by atoms with Gasteiger partial charge in [-0.05, 0) is 24.3 Å². The molecule has 11 heteroatoms. The monoisotopic (exact) mass is 441 g/mol. The summed E-state index contributed by atoms with van der Waals surface area (Å²) in [6, 6.07) is 9.62. The summed E-state index contributed by atoms with van der Waals surface area (Å²) in [7, 11) is 0. The van der Waals surface area contributed by atoms with E-state index in [0.29, 0.717) is 41.1 Å². The highest BCUT2D eigenvalue weighted by atomic mass is 35.5. The topological polar surface area (TPSA) is 113 Å². The fraction of sp³-hybridized carbons (Fsp3) is 0.250. The summed E-state index contributed by atoms with van der Waals surface area (Å²) in [4.78, 5) is 39.5. The highest BCUT2D eigenvalue weighted by Gasteiger charge is 2.55. The van der Waals surface area contributed by atoms with E-state index in [1.54, 1.807) is 42.5 Å². The van der Waals surface area contributed by atoms with Gasteiger partial charge in [-0.15, -0.1) is 0 Å². The zero-order chi connectivity index (χ0) is 21.5. The number of rotatable bonds is 4. The maximum Gasteiger partial charge on any atom is 0.263 e. The maximum atomic E-state index is 13.1. The standard InChI is InChI=1S/C20H16ClN5O5/c21-12-3-1-2-4-13(12)22-16(27)10-25-18-17(23-24-25)19(28)26(20(18)29)11-5-6-14-15(9-11)31-8-7-30-14/h1-6,9,17-18H,7-8,10H2,(H,22,27)/t17-,18-/m1/s1. The normalized spacial score (nSPS) is 21.5. The lowest BCUT2D eigenvalue weighted by Crippen LogP contribution is -2.43. The fourth-order valence-corrected chi connectivity index (χ4v) is 3.86. The summed E-state index contributed by atoms with van der Waals surface area (Å²) in [5, 5.41) is 12.1. The molecule has 0 aliphatic carbocycles. The van der Waals surface area contributed by atoms with Crippen LogP contribution in [0.3, 0.4) is 0 Å². The molecule has 1 saturated heterocycles. The molecule has 1 N–H and O–H groups in total. The summed E-state index contributed by atoms with van der Waals surface area (Å²) < 4.78 is 11.0. The van der Waals surface area contributed by atoms with Crippen LogP contribution in [0, 0.1) is 0 Å². The van der Waals surface area contributed by atoms with Gasteiger partial charge >= 0.3 is 0 Å². The minimum absolute atomic E-state index is 0.260. The Morgan fingerprint density at radius 2 is 1.87 bits per heavy atom. The first-order valence-corrected chi connectivity index (χ1v) is 9.90. The van der Waals surface area contributed by atoms with Gasteiger partial charge in [-0.3, -0.25) is 19.4 Å². The molecular formula is C20H16ClN5O5. The number of fused-ring (bicyclic) bond motifs is 2. The molecule has 0 aromatic heterocycles. The zero-order valence-electron chi connectivity index (χ0n) is 16.0. The lowest BCUT2D eigenvalue weighted by atomic mass is 10.1. The van der Waals surface area contributed by atoms with Crippen molar-refractivity contribution in [3.8, 4) is 11.5 Å². The van der Waals surface area contributed by atoms with Gasteiger partial charge in [-0.1, -0.05) is 29.0 Å². The van der Waals surface area contributed by atoms with Gasteiger partial charge in [0.1, 0.15) is 19.8 Å². The molecule has 10 nitrogen and oxygen atoms in total. The Kier molecular flexibility index (Phi) is 4.70. The van der Waals surface area contributed by atoms with Crippen LogP contribution >= 0.6 is 11.6 Å². The molecule has 3 amide bonds. The average Bonchev–Trinajstić information content (AvgIpc) is 3.29. The first kappa shape index (κ1) is 19.3. The van der Waals surface area contributed by atoms with E-state index in [1.165, 1.54) is 5.01 Å². The van der Waals surface area contributed by atoms with E-state index in [1.807, 2.05) is 0 Å². The minimum Gasteiger partial charge on any atom is -0.486 e. The Balaban J connectivity index is 1.33. The van der Waals surface area contributed by atoms with Crippen molar-refractivity contribution in [1.82, 2.24) is 5.01 Å². The number of para-hydroxylation sites is 1. The Morgan fingerprint density at radius 1 is 1.10 bits per heavy atom. The highest BCUT2D eigenvalue weighted by molar-refractivity contribution is 6.33. The number of anilines is 2. The number of carbonyl (C=O) groups excluding carboxylic acids is 3. The van der Waals surface area contributed by atoms with Crippen LogP contribution in [0.4, 0.5) is 11.4 Å². The van der Waals surface area contributed by atoms with Gasteiger partial charge in [-0.2, -0.15) is 5.11 Å². The lowest BCUT2D eigenvalue weighted by Gasteiger charge is -2.22. The number of nitrogens with one attached hydrogen (secondary N) is 1. The van der Waals surface area contributed by atoms with E-state index in [9.17, 15) is 14.4 Å². The quantitative estimate of drug-likeness (QED) is 0.726. The second-order valence-corrected chi connectivity index (χ2v) is 7.47. The number of carbonyl (C=O) groups is 3. The molecule has 5 rings (SSSR count). The maximum absolute atomic E-state index is 13.1. The molecule has 3 aliphatic rings. The Bertz CT molecular complexity index is 1120. The number of halogens is 1. The molecule has 0 radical (unpaired) electrons. The van der Waals surface area contributed by atoms with Crippen LogP contribution in [-0.2, 0) is 14.4 Å². The predicted octanol–water partition coefficient (Wildman–Crippen LogP) is 2.04. The van der Waals surface area contributed by atoms with E-state index in [4.69, 9.17) is 21.1 Å². The molecule has 0 unspecified atom stereocenters. The first-order valence-electron chi connectivity index (χ1n) is 9.52. The molecule has 0 saturated carbocycles. The van der Waals surface area contributed by atoms with Gasteiger partial charge in [-0.25, -0.2) is 4.90 Å². The summed E-state index contributed by atoms with van der Waals surface area (Å²) in [6.45, 7) is 0.555. The molecule has 2 aromatic rings. The van der Waals surface area contributed by atoms with Gasteiger partial charge in [0, 0.05) is 6.07 Å². The number of nitrogens with zero attached hydrogens (tertiary/aromatic N) is 4. The summed E-state index contributed by atoms with van der Waals surface area (Å²) in [5.74, 6) is -0.455. The highest BCUT2D eigenvalue weighted by Crippen LogP contribution is 2.37. The fourth-order valence-electron chi connectivity index (χ4n) is 3.68. The molecular weight excluding hydrogens is 426 g/mol. The molecule has 158 valence electrons.